The van der Waals surface area contributed by atoms with Crippen molar-refractivity contribution < 1.29 is 24.4 Å². The highest BCUT2D eigenvalue weighted by atomic mass is 35.5. The van der Waals surface area contributed by atoms with Crippen LogP contribution in [0.25, 0.3) is 0 Å². The third-order valence-electron chi connectivity index (χ3n) is 3.36. The normalized spacial score (nSPS) is 31.1. The summed E-state index contributed by atoms with van der Waals surface area (Å²) in [5.74, 6) is -3.08. The fourth-order valence-electron chi connectivity index (χ4n) is 2.05. The van der Waals surface area contributed by atoms with Crippen LogP contribution in [0.5, 0.6) is 0 Å². The molecule has 1 heterocycles. The van der Waals surface area contributed by atoms with E-state index in [4.69, 9.17) is 26.1 Å². The topological polar surface area (TPSA) is 65.0 Å². The lowest BCUT2D eigenvalue weighted by molar-refractivity contribution is -0.473. The van der Waals surface area contributed by atoms with E-state index < -0.39 is 23.8 Å². The van der Waals surface area contributed by atoms with Gasteiger partial charge in [0, 0.05) is 12.1 Å². The van der Waals surface area contributed by atoms with Crippen LogP contribution >= 0.6 is 11.6 Å². The van der Waals surface area contributed by atoms with Gasteiger partial charge in [-0.15, -0.1) is 0 Å². The number of hydrogen-bond acceptors (Lipinski definition) is 4. The van der Waals surface area contributed by atoms with Gasteiger partial charge in [0.2, 0.25) is 5.79 Å². The molecule has 1 aromatic rings. The number of methoxy groups -OCH3 is 1. The predicted octanol–water partition coefficient (Wildman–Crippen LogP) is 2.80. The van der Waals surface area contributed by atoms with Gasteiger partial charge in [0.05, 0.1) is 0 Å². The minimum Gasteiger partial charge on any atom is -0.481 e. The SMILES string of the molecule is COC1(C)OOC(c2ccc(Cl)cc2)CC1C(=O)O. The summed E-state index contributed by atoms with van der Waals surface area (Å²) in [4.78, 5) is 21.7. The number of carboxylic acid groups (broad SMARTS) is 1. The van der Waals surface area contributed by atoms with Gasteiger partial charge in [0.15, 0.2) is 0 Å². The Morgan fingerprint density at radius 1 is 1.47 bits per heavy atom. The fourth-order valence-corrected chi connectivity index (χ4v) is 2.18. The van der Waals surface area contributed by atoms with Crippen molar-refractivity contribution in [2.24, 2.45) is 5.92 Å². The molecular weight excluding hydrogens is 272 g/mol. The summed E-state index contributed by atoms with van der Waals surface area (Å²) in [6.45, 7) is 1.55. The number of halogens is 1. The Labute approximate surface area is 116 Å². The highest BCUT2D eigenvalue weighted by Gasteiger charge is 2.48. The summed E-state index contributed by atoms with van der Waals surface area (Å²) < 4.78 is 5.11. The van der Waals surface area contributed by atoms with E-state index >= 15 is 0 Å². The Bertz CT molecular complexity index is 461. The number of aliphatic carboxylic acids is 1. The van der Waals surface area contributed by atoms with Crippen molar-refractivity contribution in [3.05, 3.63) is 34.9 Å². The van der Waals surface area contributed by atoms with Gasteiger partial charge in [-0.05, 0) is 31.0 Å². The van der Waals surface area contributed by atoms with E-state index in [2.05, 4.69) is 0 Å². The molecule has 19 heavy (non-hydrogen) atoms. The Hall–Kier alpha value is -1.14. The zero-order chi connectivity index (χ0) is 14.0. The Kier molecular flexibility index (Phi) is 4.10. The third-order valence-corrected chi connectivity index (χ3v) is 3.61. The molecule has 0 radical (unpaired) electrons. The smallest absolute Gasteiger partial charge is 0.312 e. The maximum Gasteiger partial charge on any atom is 0.312 e. The predicted molar refractivity (Wildman–Crippen MR) is 67.5 cm³/mol. The second-order valence-corrected chi connectivity index (χ2v) is 5.00. The first-order chi connectivity index (χ1) is 8.96. The molecule has 1 saturated heterocycles. The lowest BCUT2D eigenvalue weighted by atomic mass is 9.90. The molecule has 3 unspecified atom stereocenters. The molecule has 1 aliphatic rings. The van der Waals surface area contributed by atoms with E-state index in [0.29, 0.717) is 5.02 Å². The molecule has 104 valence electrons. The van der Waals surface area contributed by atoms with E-state index in [1.807, 2.05) is 0 Å². The summed E-state index contributed by atoms with van der Waals surface area (Å²) in [7, 11) is 1.39. The molecule has 0 bridgehead atoms. The summed E-state index contributed by atoms with van der Waals surface area (Å²) in [5.41, 5.74) is 0.814. The molecule has 5 nitrogen and oxygen atoms in total. The van der Waals surface area contributed by atoms with Gasteiger partial charge >= 0.3 is 5.97 Å². The number of benzene rings is 1. The van der Waals surface area contributed by atoms with Crippen LogP contribution in [0.3, 0.4) is 0 Å². The van der Waals surface area contributed by atoms with Crippen molar-refractivity contribution in [2.45, 2.75) is 25.2 Å². The number of rotatable bonds is 3. The summed E-state index contributed by atoms with van der Waals surface area (Å²) in [6.07, 6.45) is -0.192. The van der Waals surface area contributed by atoms with Crippen molar-refractivity contribution in [1.82, 2.24) is 0 Å². The maximum absolute atomic E-state index is 11.3. The van der Waals surface area contributed by atoms with Gasteiger partial charge in [0.25, 0.3) is 0 Å². The second kappa shape index (κ2) is 5.46. The summed E-state index contributed by atoms with van der Waals surface area (Å²) >= 11 is 5.81. The number of carbonyl (C=O) groups is 1. The van der Waals surface area contributed by atoms with E-state index in [-0.39, 0.29) is 6.42 Å². The van der Waals surface area contributed by atoms with Crippen molar-refractivity contribution >= 4 is 17.6 Å². The van der Waals surface area contributed by atoms with E-state index in [0.717, 1.165) is 5.56 Å². The zero-order valence-corrected chi connectivity index (χ0v) is 11.4. The van der Waals surface area contributed by atoms with E-state index in [1.165, 1.54) is 7.11 Å². The van der Waals surface area contributed by atoms with Gasteiger partial charge in [-0.2, -0.15) is 4.89 Å². The fraction of sp³-hybridized carbons (Fsp3) is 0.462. The minimum absolute atomic E-state index is 0.265. The molecule has 0 amide bonds. The lowest BCUT2D eigenvalue weighted by Gasteiger charge is -2.39. The molecule has 6 heteroatoms. The minimum atomic E-state index is -1.28. The number of hydrogen-bond donors (Lipinski definition) is 1. The average Bonchev–Trinajstić information content (AvgIpc) is 2.40. The Morgan fingerprint density at radius 2 is 2.11 bits per heavy atom. The largest absolute Gasteiger partial charge is 0.481 e. The van der Waals surface area contributed by atoms with Crippen LogP contribution in [0.4, 0.5) is 0 Å². The van der Waals surface area contributed by atoms with Crippen molar-refractivity contribution in [3.63, 3.8) is 0 Å². The van der Waals surface area contributed by atoms with Crippen LogP contribution in [0.2, 0.25) is 5.02 Å². The van der Waals surface area contributed by atoms with Crippen molar-refractivity contribution in [3.8, 4) is 0 Å². The first-order valence-corrected chi connectivity index (χ1v) is 6.22. The van der Waals surface area contributed by atoms with E-state index in [1.54, 1.807) is 31.2 Å². The van der Waals surface area contributed by atoms with Gasteiger partial charge in [-0.1, -0.05) is 23.7 Å². The Balaban J connectivity index is 2.19. The molecule has 0 aromatic heterocycles. The van der Waals surface area contributed by atoms with Gasteiger partial charge in [0.1, 0.15) is 12.0 Å². The van der Waals surface area contributed by atoms with Crippen LogP contribution in [0.15, 0.2) is 24.3 Å². The summed E-state index contributed by atoms with van der Waals surface area (Å²) in [5, 5.41) is 9.89. The molecule has 1 N–H and O–H groups in total. The first kappa shape index (κ1) is 14.3. The second-order valence-electron chi connectivity index (χ2n) is 4.57. The molecule has 1 aromatic carbocycles. The van der Waals surface area contributed by atoms with E-state index in [9.17, 15) is 9.90 Å². The number of ether oxygens (including phenoxy) is 1. The molecular formula is C13H15ClO5. The van der Waals surface area contributed by atoms with Crippen molar-refractivity contribution in [1.29, 1.82) is 0 Å². The molecule has 0 saturated carbocycles. The zero-order valence-electron chi connectivity index (χ0n) is 10.6. The highest BCUT2D eigenvalue weighted by molar-refractivity contribution is 6.30. The average molecular weight is 287 g/mol. The molecule has 0 spiro atoms. The van der Waals surface area contributed by atoms with Crippen LogP contribution in [0, 0.1) is 5.92 Å². The van der Waals surface area contributed by atoms with Gasteiger partial charge in [-0.3, -0.25) is 4.79 Å². The first-order valence-electron chi connectivity index (χ1n) is 5.84. The number of carboxylic acids is 1. The summed E-state index contributed by atoms with van der Waals surface area (Å²) in [6, 6.07) is 7.01. The molecule has 1 fully saturated rings. The Morgan fingerprint density at radius 3 is 2.63 bits per heavy atom. The standard InChI is InChI=1S/C13H15ClO5/c1-13(17-2)10(12(15)16)7-11(18-19-13)8-3-5-9(14)6-4-8/h3-6,10-11H,7H2,1-2H3,(H,15,16). The molecule has 3 atom stereocenters. The highest BCUT2D eigenvalue weighted by Crippen LogP contribution is 2.40. The monoisotopic (exact) mass is 286 g/mol. The van der Waals surface area contributed by atoms with Gasteiger partial charge < -0.3 is 9.84 Å². The molecule has 0 aliphatic carbocycles. The van der Waals surface area contributed by atoms with Crippen molar-refractivity contribution in [2.75, 3.05) is 7.11 Å². The van der Waals surface area contributed by atoms with Crippen LogP contribution < -0.4 is 0 Å². The lowest BCUT2D eigenvalue weighted by Crippen LogP contribution is -2.48. The van der Waals surface area contributed by atoms with Crippen LogP contribution in [0.1, 0.15) is 25.0 Å². The van der Waals surface area contributed by atoms with Crippen LogP contribution in [-0.4, -0.2) is 24.0 Å². The third kappa shape index (κ3) is 2.90. The quantitative estimate of drug-likeness (QED) is 0.866. The maximum atomic E-state index is 11.3. The molecule has 1 aliphatic heterocycles. The van der Waals surface area contributed by atoms with Crippen LogP contribution in [-0.2, 0) is 19.3 Å². The molecule has 2 rings (SSSR count). The van der Waals surface area contributed by atoms with Gasteiger partial charge in [-0.25, -0.2) is 4.89 Å².